The largest absolute Gasteiger partial charge is 0.506 e. The van der Waals surface area contributed by atoms with Gasteiger partial charge in [0.05, 0.1) is 6.04 Å². The van der Waals surface area contributed by atoms with Gasteiger partial charge in [0.25, 0.3) is 5.91 Å². The summed E-state index contributed by atoms with van der Waals surface area (Å²) in [5.74, 6) is -2.04. The number of anilines is 1. The Kier molecular flexibility index (Phi) is 5.80. The predicted octanol–water partition coefficient (Wildman–Crippen LogP) is -2.30. The molecule has 2 aromatic rings. The summed E-state index contributed by atoms with van der Waals surface area (Å²) < 4.78 is 36.5. The number of ether oxygens (including phenoxy) is 1. The van der Waals surface area contributed by atoms with E-state index in [4.69, 9.17) is 16.2 Å². The molecule has 0 aliphatic carbocycles. The van der Waals surface area contributed by atoms with Gasteiger partial charge in [-0.2, -0.15) is 21.0 Å². The number of carbonyl (C=O) groups is 1. The molecule has 0 saturated carbocycles. The highest BCUT2D eigenvalue weighted by Crippen LogP contribution is 2.33. The van der Waals surface area contributed by atoms with Crippen molar-refractivity contribution in [3.63, 3.8) is 0 Å². The number of aliphatic hydroxyl groups excluding tert-OH is 2. The number of rotatable bonds is 7. The van der Waals surface area contributed by atoms with Crippen molar-refractivity contribution >= 4 is 45.8 Å². The first-order valence-electron chi connectivity index (χ1n) is 7.91. The fourth-order valence-electron chi connectivity index (χ4n) is 2.39. The number of hydrogen-bond donors (Lipinski definition) is 6. The molecule has 0 radical (unpaired) electrons. The molecule has 14 nitrogen and oxygen atoms in total. The molecule has 0 fully saturated rings. The van der Waals surface area contributed by atoms with E-state index in [-0.39, 0.29) is 28.5 Å². The molecule has 0 saturated heterocycles. The molecule has 0 spiro atoms. The van der Waals surface area contributed by atoms with E-state index < -0.39 is 47.0 Å². The van der Waals surface area contributed by atoms with Crippen LogP contribution in [-0.2, 0) is 24.0 Å². The minimum atomic E-state index is -4.55. The van der Waals surface area contributed by atoms with E-state index in [1.807, 2.05) is 0 Å². The number of nitrogens with two attached hydrogens (primary N) is 2. The van der Waals surface area contributed by atoms with Gasteiger partial charge in [-0.3, -0.25) is 9.36 Å². The molecule has 0 aromatic carbocycles. The van der Waals surface area contributed by atoms with Crippen molar-refractivity contribution < 1.29 is 32.3 Å². The van der Waals surface area contributed by atoms with Crippen LogP contribution in [0.15, 0.2) is 24.2 Å². The third-order valence-electron chi connectivity index (χ3n) is 3.86. The number of carbonyl (C=O) groups excluding carboxylic acids is 1. The third-order valence-corrected chi connectivity index (χ3v) is 5.14. The number of aromatic nitrogens is 4. The Bertz CT molecular complexity index is 1070. The first-order valence-corrected chi connectivity index (χ1v) is 9.96. The highest BCUT2D eigenvalue weighted by molar-refractivity contribution is 7.85. The lowest BCUT2D eigenvalue weighted by Crippen LogP contribution is -2.45. The van der Waals surface area contributed by atoms with Gasteiger partial charge in [0.15, 0.2) is 29.1 Å². The third kappa shape index (κ3) is 4.20. The Morgan fingerprint density at radius 1 is 1.45 bits per heavy atom. The molecule has 3 heterocycles. The Labute approximate surface area is 169 Å². The highest BCUT2D eigenvalue weighted by Gasteiger charge is 2.38. The Balaban J connectivity index is 1.72. The van der Waals surface area contributed by atoms with Crippen LogP contribution in [0.3, 0.4) is 0 Å². The van der Waals surface area contributed by atoms with Crippen molar-refractivity contribution in [3.8, 4) is 0 Å². The molecule has 16 heteroatoms. The smallest absolute Gasteiger partial charge is 0.362 e. The van der Waals surface area contributed by atoms with Crippen LogP contribution in [0.4, 0.5) is 5.82 Å². The normalized spacial score (nSPS) is 20.7. The summed E-state index contributed by atoms with van der Waals surface area (Å²) in [5, 5.41) is 20.3. The zero-order chi connectivity index (χ0) is 21.3. The van der Waals surface area contributed by atoms with E-state index in [9.17, 15) is 23.4 Å². The Morgan fingerprint density at radius 2 is 2.17 bits per heavy atom. The number of aliphatic hydroxyl groups is 2. The Hall–Kier alpha value is -2.66. The lowest BCUT2D eigenvalue weighted by Gasteiger charge is -2.17. The van der Waals surface area contributed by atoms with Gasteiger partial charge in [-0.1, -0.05) is 0 Å². The number of nitrogen functional groups attached to an aromatic ring is 1. The van der Waals surface area contributed by atoms with Gasteiger partial charge in [-0.15, -0.1) is 0 Å². The summed E-state index contributed by atoms with van der Waals surface area (Å²) in [5.41, 5.74) is 11.5. The maximum atomic E-state index is 11.8. The SMILES string of the molecule is Nc1ncnc2c1ncn2[C@@H]1OC(COS(=O)(=O)NC(=O)C(N)CS)=C(O)[C@H]1O. The lowest BCUT2D eigenvalue weighted by atomic mass is 10.2. The summed E-state index contributed by atoms with van der Waals surface area (Å²) in [4.78, 5) is 23.4. The van der Waals surface area contributed by atoms with E-state index in [1.54, 1.807) is 4.72 Å². The first kappa shape index (κ1) is 21.1. The molecular formula is C13H17N7O7S2. The molecule has 3 rings (SSSR count). The van der Waals surface area contributed by atoms with Crippen LogP contribution in [0.1, 0.15) is 6.23 Å². The average Bonchev–Trinajstić information content (AvgIpc) is 3.22. The lowest BCUT2D eigenvalue weighted by molar-refractivity contribution is -0.120. The van der Waals surface area contributed by atoms with E-state index in [0.29, 0.717) is 0 Å². The van der Waals surface area contributed by atoms with Crippen LogP contribution in [-0.4, -0.2) is 68.6 Å². The summed E-state index contributed by atoms with van der Waals surface area (Å²) in [7, 11) is -4.55. The molecule has 7 N–H and O–H groups in total. The second-order valence-corrected chi connectivity index (χ2v) is 7.53. The van der Waals surface area contributed by atoms with Crippen molar-refractivity contribution in [2.45, 2.75) is 18.4 Å². The molecule has 1 aliphatic rings. The van der Waals surface area contributed by atoms with Crippen molar-refractivity contribution in [3.05, 3.63) is 24.2 Å². The van der Waals surface area contributed by atoms with E-state index in [1.165, 1.54) is 17.2 Å². The van der Waals surface area contributed by atoms with Gasteiger partial charge in [0.2, 0.25) is 6.23 Å². The topological polar surface area (TPSA) is 218 Å². The zero-order valence-electron chi connectivity index (χ0n) is 14.5. The standard InChI is InChI=1S/C13H17N7O7S2/c14-5(2-28)12(23)19-29(24,25)26-1-6-8(21)9(22)13(27-6)20-4-18-7-10(15)16-3-17-11(7)20/h3-5,9,13,21-22,28H,1-2,14H2,(H,19,23)(H2,15,16,17)/t5?,9-,13-/m1/s1. The Morgan fingerprint density at radius 3 is 2.86 bits per heavy atom. The second kappa shape index (κ2) is 7.99. The summed E-state index contributed by atoms with van der Waals surface area (Å²) in [6.45, 7) is -0.804. The fourth-order valence-corrected chi connectivity index (χ4v) is 3.27. The summed E-state index contributed by atoms with van der Waals surface area (Å²) >= 11 is 3.79. The minimum absolute atomic E-state index is 0.0861. The zero-order valence-corrected chi connectivity index (χ0v) is 16.2. The molecular weight excluding hydrogens is 430 g/mol. The maximum absolute atomic E-state index is 11.8. The van der Waals surface area contributed by atoms with Crippen LogP contribution in [0, 0.1) is 0 Å². The van der Waals surface area contributed by atoms with Crippen LogP contribution in [0.2, 0.25) is 0 Å². The van der Waals surface area contributed by atoms with Crippen molar-refractivity contribution in [1.82, 2.24) is 24.2 Å². The van der Waals surface area contributed by atoms with Crippen LogP contribution >= 0.6 is 12.6 Å². The number of imidazole rings is 1. The second-order valence-electron chi connectivity index (χ2n) is 5.82. The van der Waals surface area contributed by atoms with Crippen molar-refractivity contribution in [2.75, 3.05) is 18.1 Å². The van der Waals surface area contributed by atoms with Gasteiger partial charge < -0.3 is 26.4 Å². The number of hydrogen-bond acceptors (Lipinski definition) is 13. The number of nitrogens with zero attached hydrogens (tertiary/aromatic N) is 4. The fraction of sp³-hybridized carbons (Fsp3) is 0.385. The molecule has 3 atom stereocenters. The molecule has 1 unspecified atom stereocenters. The summed E-state index contributed by atoms with van der Waals surface area (Å²) in [6, 6.07) is -1.16. The first-order chi connectivity index (χ1) is 13.6. The number of fused-ring (bicyclic) bond motifs is 1. The molecule has 158 valence electrons. The van der Waals surface area contributed by atoms with Gasteiger partial charge in [0, 0.05) is 5.75 Å². The van der Waals surface area contributed by atoms with Gasteiger partial charge in [-0.05, 0) is 0 Å². The number of nitrogens with one attached hydrogen (secondary N) is 1. The van der Waals surface area contributed by atoms with Gasteiger partial charge >= 0.3 is 10.3 Å². The number of amides is 1. The number of thiol groups is 1. The van der Waals surface area contributed by atoms with Gasteiger partial charge in [-0.25, -0.2) is 23.9 Å². The average molecular weight is 447 g/mol. The van der Waals surface area contributed by atoms with E-state index in [2.05, 4.69) is 31.8 Å². The van der Waals surface area contributed by atoms with Crippen LogP contribution in [0.25, 0.3) is 11.2 Å². The van der Waals surface area contributed by atoms with E-state index in [0.717, 1.165) is 0 Å². The molecule has 29 heavy (non-hydrogen) atoms. The molecule has 1 amide bonds. The maximum Gasteiger partial charge on any atom is 0.362 e. The molecule has 2 aromatic heterocycles. The predicted molar refractivity (Wildman–Crippen MR) is 100 cm³/mol. The molecule has 1 aliphatic heterocycles. The quantitative estimate of drug-likeness (QED) is 0.247. The molecule has 0 bridgehead atoms. The van der Waals surface area contributed by atoms with Crippen molar-refractivity contribution in [1.29, 1.82) is 0 Å². The monoisotopic (exact) mass is 447 g/mol. The highest BCUT2D eigenvalue weighted by atomic mass is 32.2. The minimum Gasteiger partial charge on any atom is -0.506 e. The van der Waals surface area contributed by atoms with Gasteiger partial charge in [0.1, 0.15) is 24.8 Å². The van der Waals surface area contributed by atoms with Crippen LogP contribution < -0.4 is 16.2 Å². The van der Waals surface area contributed by atoms with Crippen molar-refractivity contribution in [2.24, 2.45) is 5.73 Å². The van der Waals surface area contributed by atoms with Crippen LogP contribution in [0.5, 0.6) is 0 Å². The van der Waals surface area contributed by atoms with E-state index >= 15 is 0 Å². The summed E-state index contributed by atoms with van der Waals surface area (Å²) in [6.07, 6.45) is -0.352.